The van der Waals surface area contributed by atoms with Gasteiger partial charge in [-0.1, -0.05) is 35.9 Å². The molecule has 0 spiro atoms. The minimum atomic E-state index is -0.518. The molecule has 0 N–H and O–H groups in total. The summed E-state index contributed by atoms with van der Waals surface area (Å²) >= 11 is 5.92. The van der Waals surface area contributed by atoms with Crippen molar-refractivity contribution in [3.05, 3.63) is 70.0 Å². The highest BCUT2D eigenvalue weighted by Gasteiger charge is 2.49. The molecule has 6 heteroatoms. The molecule has 0 saturated carbocycles. The molecule has 2 aromatic carbocycles. The Hall–Kier alpha value is -2.40. The summed E-state index contributed by atoms with van der Waals surface area (Å²) in [5.74, 6) is -0.304. The summed E-state index contributed by atoms with van der Waals surface area (Å²) in [5.41, 5.74) is 2.54. The summed E-state index contributed by atoms with van der Waals surface area (Å²) in [4.78, 5) is 28.9. The third-order valence-corrected chi connectivity index (χ3v) is 6.19. The van der Waals surface area contributed by atoms with Gasteiger partial charge in [-0.2, -0.15) is 0 Å². The van der Waals surface area contributed by atoms with Gasteiger partial charge >= 0.3 is 0 Å². The number of nitrogens with zero attached hydrogens (tertiary/aromatic N) is 2. The van der Waals surface area contributed by atoms with Crippen LogP contribution in [0.15, 0.2) is 42.5 Å². The fourth-order valence-corrected chi connectivity index (χ4v) is 4.93. The number of likely N-dealkylation sites (tertiary alicyclic amines) is 2. The van der Waals surface area contributed by atoms with Crippen LogP contribution in [-0.2, 0) is 4.79 Å². The number of hydrogen-bond acceptors (Lipinski definition) is 2. The average molecular weight is 401 g/mol. The van der Waals surface area contributed by atoms with Crippen LogP contribution in [0.5, 0.6) is 0 Å². The zero-order valence-corrected chi connectivity index (χ0v) is 16.6. The molecule has 2 saturated heterocycles. The first-order chi connectivity index (χ1) is 13.3. The van der Waals surface area contributed by atoms with Crippen molar-refractivity contribution in [1.82, 2.24) is 9.80 Å². The number of fused-ring (bicyclic) bond motifs is 1. The Morgan fingerprint density at radius 2 is 1.86 bits per heavy atom. The highest BCUT2D eigenvalue weighted by atomic mass is 35.5. The Bertz CT molecular complexity index is 928. The van der Waals surface area contributed by atoms with E-state index >= 15 is 0 Å². The largest absolute Gasteiger partial charge is 0.338 e. The monoisotopic (exact) mass is 400 g/mol. The van der Waals surface area contributed by atoms with Crippen molar-refractivity contribution in [3.8, 4) is 0 Å². The summed E-state index contributed by atoms with van der Waals surface area (Å²) < 4.78 is 13.7. The van der Waals surface area contributed by atoms with Crippen molar-refractivity contribution in [1.29, 1.82) is 0 Å². The predicted molar refractivity (Wildman–Crippen MR) is 106 cm³/mol. The molecule has 2 heterocycles. The molecule has 0 aromatic heterocycles. The number of rotatable bonds is 2. The highest BCUT2D eigenvalue weighted by molar-refractivity contribution is 6.31. The quantitative estimate of drug-likeness (QED) is 0.762. The zero-order valence-electron chi connectivity index (χ0n) is 15.9. The van der Waals surface area contributed by atoms with Crippen molar-refractivity contribution in [2.24, 2.45) is 11.8 Å². The molecule has 2 fully saturated rings. The molecule has 2 aliphatic heterocycles. The van der Waals surface area contributed by atoms with E-state index < -0.39 is 5.82 Å². The Morgan fingerprint density at radius 1 is 1.11 bits per heavy atom. The summed E-state index contributed by atoms with van der Waals surface area (Å²) in [6.07, 6.45) is 0. The van der Waals surface area contributed by atoms with E-state index in [2.05, 4.69) is 6.07 Å². The minimum Gasteiger partial charge on any atom is -0.338 e. The Kier molecular flexibility index (Phi) is 4.88. The Labute approximate surface area is 168 Å². The number of benzene rings is 2. The van der Waals surface area contributed by atoms with Crippen molar-refractivity contribution in [2.75, 3.05) is 19.6 Å². The van der Waals surface area contributed by atoms with Crippen molar-refractivity contribution in [3.63, 3.8) is 0 Å². The van der Waals surface area contributed by atoms with Gasteiger partial charge in [0.25, 0.3) is 5.91 Å². The van der Waals surface area contributed by atoms with E-state index in [9.17, 15) is 14.0 Å². The first-order valence-electron chi connectivity index (χ1n) is 9.43. The molecular weight excluding hydrogens is 379 g/mol. The van der Waals surface area contributed by atoms with Crippen LogP contribution >= 0.6 is 11.6 Å². The Morgan fingerprint density at radius 3 is 2.54 bits per heavy atom. The minimum absolute atomic E-state index is 0.0439. The normalized spacial score (nSPS) is 23.8. The number of carbonyl (C=O) groups is 2. The molecule has 0 radical (unpaired) electrons. The molecule has 4 rings (SSSR count). The van der Waals surface area contributed by atoms with Gasteiger partial charge in [0, 0.05) is 49.0 Å². The number of amides is 2. The maximum atomic E-state index is 13.7. The lowest BCUT2D eigenvalue weighted by Crippen LogP contribution is -2.36. The van der Waals surface area contributed by atoms with E-state index in [4.69, 9.17) is 11.6 Å². The first-order valence-corrected chi connectivity index (χ1v) is 9.81. The second-order valence-corrected chi connectivity index (χ2v) is 8.20. The SMILES string of the molecule is CC(=O)N1C[C@H]2CN(C(=O)c3cc(F)cc(Cl)c3)C[C@H]2[C@@H]1c1ccccc1C. The molecule has 28 heavy (non-hydrogen) atoms. The third kappa shape index (κ3) is 3.28. The number of halogens is 2. The topological polar surface area (TPSA) is 40.6 Å². The van der Waals surface area contributed by atoms with Gasteiger partial charge in [-0.25, -0.2) is 4.39 Å². The van der Waals surface area contributed by atoms with Crippen LogP contribution in [0.1, 0.15) is 34.5 Å². The van der Waals surface area contributed by atoms with Crippen LogP contribution in [0.4, 0.5) is 4.39 Å². The summed E-state index contributed by atoms with van der Waals surface area (Å²) in [6, 6.07) is 12.0. The lowest BCUT2D eigenvalue weighted by atomic mass is 9.87. The molecule has 2 aliphatic rings. The predicted octanol–water partition coefficient (Wildman–Crippen LogP) is 4.08. The average Bonchev–Trinajstić information content (AvgIpc) is 3.19. The van der Waals surface area contributed by atoms with E-state index in [1.54, 1.807) is 11.8 Å². The number of carbonyl (C=O) groups excluding carboxylic acids is 2. The van der Waals surface area contributed by atoms with Crippen molar-refractivity contribution in [2.45, 2.75) is 19.9 Å². The van der Waals surface area contributed by atoms with Crippen molar-refractivity contribution < 1.29 is 14.0 Å². The van der Waals surface area contributed by atoms with Gasteiger partial charge in [0.2, 0.25) is 5.91 Å². The van der Waals surface area contributed by atoms with Gasteiger partial charge < -0.3 is 9.80 Å². The van der Waals surface area contributed by atoms with Gasteiger partial charge in [0.05, 0.1) is 6.04 Å². The second kappa shape index (κ2) is 7.21. The molecule has 2 amide bonds. The second-order valence-electron chi connectivity index (χ2n) is 7.76. The third-order valence-electron chi connectivity index (χ3n) is 5.97. The van der Waals surface area contributed by atoms with Gasteiger partial charge in [0.15, 0.2) is 0 Å². The number of aryl methyl sites for hydroxylation is 1. The fourth-order valence-electron chi connectivity index (χ4n) is 4.71. The zero-order chi connectivity index (χ0) is 20.0. The summed E-state index contributed by atoms with van der Waals surface area (Å²) in [7, 11) is 0. The van der Waals surface area contributed by atoms with Gasteiger partial charge in [-0.05, 0) is 36.2 Å². The molecule has 4 nitrogen and oxygen atoms in total. The molecule has 3 atom stereocenters. The summed E-state index contributed by atoms with van der Waals surface area (Å²) in [6.45, 7) is 5.38. The fraction of sp³-hybridized carbons (Fsp3) is 0.364. The van der Waals surface area contributed by atoms with Crippen LogP contribution in [0, 0.1) is 24.6 Å². The molecule has 0 bridgehead atoms. The van der Waals surface area contributed by atoms with E-state index in [0.717, 1.165) is 11.1 Å². The highest BCUT2D eigenvalue weighted by Crippen LogP contribution is 2.46. The van der Waals surface area contributed by atoms with E-state index in [1.165, 1.54) is 18.2 Å². The lowest BCUT2D eigenvalue weighted by molar-refractivity contribution is -0.130. The van der Waals surface area contributed by atoms with Crippen LogP contribution < -0.4 is 0 Å². The lowest BCUT2D eigenvalue weighted by Gasteiger charge is -2.30. The molecular formula is C22H22ClFN2O2. The van der Waals surface area contributed by atoms with E-state index in [-0.39, 0.29) is 40.3 Å². The molecule has 2 aromatic rings. The summed E-state index contributed by atoms with van der Waals surface area (Å²) in [5, 5.41) is 0.211. The molecule has 146 valence electrons. The van der Waals surface area contributed by atoms with Crippen LogP contribution in [-0.4, -0.2) is 41.2 Å². The maximum Gasteiger partial charge on any atom is 0.254 e. The van der Waals surface area contributed by atoms with Gasteiger partial charge in [-0.3, -0.25) is 9.59 Å². The standard InChI is InChI=1S/C22H22ClFN2O2/c1-13-5-3-4-6-19(13)21-20-12-25(10-16(20)11-26(21)14(2)27)22(28)15-7-17(23)9-18(24)8-15/h3-9,16,20-21H,10-12H2,1-2H3/t16-,20-,21+/m1/s1. The molecule has 0 aliphatic carbocycles. The first kappa shape index (κ1) is 18.9. The number of hydrogen-bond donors (Lipinski definition) is 0. The van der Waals surface area contributed by atoms with Crippen LogP contribution in [0.2, 0.25) is 5.02 Å². The van der Waals surface area contributed by atoms with Gasteiger partial charge in [-0.15, -0.1) is 0 Å². The van der Waals surface area contributed by atoms with Crippen molar-refractivity contribution >= 4 is 23.4 Å². The van der Waals surface area contributed by atoms with E-state index in [1.807, 2.05) is 30.0 Å². The van der Waals surface area contributed by atoms with Crippen LogP contribution in [0.25, 0.3) is 0 Å². The maximum absolute atomic E-state index is 13.7. The van der Waals surface area contributed by atoms with E-state index in [0.29, 0.717) is 19.6 Å². The van der Waals surface area contributed by atoms with Crippen LogP contribution in [0.3, 0.4) is 0 Å². The smallest absolute Gasteiger partial charge is 0.254 e. The molecule has 0 unspecified atom stereocenters. The Balaban J connectivity index is 1.62. The van der Waals surface area contributed by atoms with Gasteiger partial charge in [0.1, 0.15) is 5.82 Å².